The van der Waals surface area contributed by atoms with E-state index in [0.29, 0.717) is 26.0 Å². The highest BCUT2D eigenvalue weighted by Crippen LogP contribution is 2.28. The average Bonchev–Trinajstić information content (AvgIpc) is 2.54. The number of piperidine rings is 1. The van der Waals surface area contributed by atoms with Gasteiger partial charge < -0.3 is 9.64 Å². The molecule has 8 heteroatoms. The third-order valence-corrected chi connectivity index (χ3v) is 4.26. The molecule has 1 unspecified atom stereocenters. The number of alkyl halides is 2. The van der Waals surface area contributed by atoms with Crippen molar-refractivity contribution in [2.24, 2.45) is 5.92 Å². The molecular formula is C15H18F2N2O3S. The van der Waals surface area contributed by atoms with Crippen LogP contribution in [-0.2, 0) is 9.53 Å². The molecule has 0 aromatic carbocycles. The SMILES string of the molecule is CCOC(=O)C1CCCN(C(=O)c2cccnc2SC(F)F)C1. The van der Waals surface area contributed by atoms with Crippen LogP contribution in [0.1, 0.15) is 30.1 Å². The minimum absolute atomic E-state index is 0.00533. The molecule has 1 aliphatic rings. The summed E-state index contributed by atoms with van der Waals surface area (Å²) in [6.45, 7) is 2.75. The number of likely N-dealkylation sites (tertiary alicyclic amines) is 1. The number of nitrogens with zero attached hydrogens (tertiary/aromatic N) is 2. The van der Waals surface area contributed by atoms with E-state index < -0.39 is 5.76 Å². The van der Waals surface area contributed by atoms with Crippen molar-refractivity contribution in [1.29, 1.82) is 0 Å². The van der Waals surface area contributed by atoms with Gasteiger partial charge in [-0.1, -0.05) is 0 Å². The first-order valence-corrected chi connectivity index (χ1v) is 8.26. The summed E-state index contributed by atoms with van der Waals surface area (Å²) in [7, 11) is 0. The van der Waals surface area contributed by atoms with Crippen molar-refractivity contribution in [3.8, 4) is 0 Å². The van der Waals surface area contributed by atoms with Crippen LogP contribution in [0.5, 0.6) is 0 Å². The summed E-state index contributed by atoms with van der Waals surface area (Å²) in [5.41, 5.74) is 0.141. The molecule has 0 saturated carbocycles. The van der Waals surface area contributed by atoms with Crippen LogP contribution >= 0.6 is 11.8 Å². The fourth-order valence-corrected chi connectivity index (χ4v) is 3.09. The number of carbonyl (C=O) groups excluding carboxylic acids is 2. The average molecular weight is 344 g/mol. The van der Waals surface area contributed by atoms with Crippen molar-refractivity contribution in [3.63, 3.8) is 0 Å². The Labute approximate surface area is 137 Å². The number of pyridine rings is 1. The summed E-state index contributed by atoms with van der Waals surface area (Å²) in [6.07, 6.45) is 2.71. The summed E-state index contributed by atoms with van der Waals surface area (Å²) in [5, 5.41) is 0.00533. The predicted molar refractivity (Wildman–Crippen MR) is 81.4 cm³/mol. The van der Waals surface area contributed by atoms with Gasteiger partial charge in [-0.05, 0) is 43.7 Å². The van der Waals surface area contributed by atoms with Crippen molar-refractivity contribution in [2.45, 2.75) is 30.5 Å². The largest absolute Gasteiger partial charge is 0.466 e. The molecule has 1 aliphatic heterocycles. The van der Waals surface area contributed by atoms with Gasteiger partial charge in [0.15, 0.2) is 0 Å². The lowest BCUT2D eigenvalue weighted by Crippen LogP contribution is -2.43. The molecule has 1 fully saturated rings. The smallest absolute Gasteiger partial charge is 0.310 e. The van der Waals surface area contributed by atoms with Crippen molar-refractivity contribution in [1.82, 2.24) is 9.88 Å². The number of esters is 1. The topological polar surface area (TPSA) is 59.5 Å². The molecule has 23 heavy (non-hydrogen) atoms. The van der Waals surface area contributed by atoms with Gasteiger partial charge >= 0.3 is 5.97 Å². The summed E-state index contributed by atoms with van der Waals surface area (Å²) in [4.78, 5) is 29.8. The lowest BCUT2D eigenvalue weighted by atomic mass is 9.97. The van der Waals surface area contributed by atoms with Gasteiger partial charge in [0.05, 0.1) is 18.1 Å². The number of hydrogen-bond donors (Lipinski definition) is 0. The minimum atomic E-state index is -2.65. The zero-order valence-electron chi connectivity index (χ0n) is 12.7. The fourth-order valence-electron chi connectivity index (χ4n) is 2.52. The van der Waals surface area contributed by atoms with E-state index in [2.05, 4.69) is 4.98 Å². The van der Waals surface area contributed by atoms with Crippen molar-refractivity contribution in [2.75, 3.05) is 19.7 Å². The summed E-state index contributed by atoms with van der Waals surface area (Å²) in [5.74, 6) is -3.71. The van der Waals surface area contributed by atoms with E-state index in [4.69, 9.17) is 4.74 Å². The lowest BCUT2D eigenvalue weighted by Gasteiger charge is -2.31. The lowest BCUT2D eigenvalue weighted by molar-refractivity contribution is -0.149. The van der Waals surface area contributed by atoms with E-state index in [1.807, 2.05) is 0 Å². The van der Waals surface area contributed by atoms with Crippen LogP contribution < -0.4 is 0 Å². The summed E-state index contributed by atoms with van der Waals surface area (Å²) >= 11 is 0.249. The second-order valence-corrected chi connectivity index (χ2v) is 6.06. The van der Waals surface area contributed by atoms with E-state index in [9.17, 15) is 18.4 Å². The number of halogens is 2. The molecule has 1 aromatic heterocycles. The van der Waals surface area contributed by atoms with Crippen LogP contribution in [0.15, 0.2) is 23.4 Å². The first-order chi connectivity index (χ1) is 11.0. The number of rotatable bonds is 5. The normalized spacial score (nSPS) is 18.1. The monoisotopic (exact) mass is 344 g/mol. The molecule has 1 aromatic rings. The van der Waals surface area contributed by atoms with Crippen LogP contribution in [0, 0.1) is 5.92 Å². The molecule has 1 amide bonds. The maximum Gasteiger partial charge on any atom is 0.310 e. The number of carbonyl (C=O) groups is 2. The van der Waals surface area contributed by atoms with Gasteiger partial charge in [0.1, 0.15) is 5.03 Å². The quantitative estimate of drug-likeness (QED) is 0.607. The van der Waals surface area contributed by atoms with E-state index in [-0.39, 0.29) is 46.7 Å². The van der Waals surface area contributed by atoms with Crippen molar-refractivity contribution in [3.05, 3.63) is 23.9 Å². The Bertz CT molecular complexity index is 571. The van der Waals surface area contributed by atoms with Gasteiger partial charge in [-0.25, -0.2) is 4.98 Å². The van der Waals surface area contributed by atoms with Crippen LogP contribution in [0.25, 0.3) is 0 Å². The number of hydrogen-bond acceptors (Lipinski definition) is 5. The zero-order chi connectivity index (χ0) is 16.8. The molecule has 126 valence electrons. The third-order valence-electron chi connectivity index (χ3n) is 3.53. The third kappa shape index (κ3) is 4.63. The summed E-state index contributed by atoms with van der Waals surface area (Å²) in [6, 6.07) is 3.02. The number of aromatic nitrogens is 1. The Kier molecular flexibility index (Phi) is 6.32. The molecule has 0 bridgehead atoms. The highest BCUT2D eigenvalue weighted by atomic mass is 32.2. The van der Waals surface area contributed by atoms with Crippen LogP contribution in [0.4, 0.5) is 8.78 Å². The first-order valence-electron chi connectivity index (χ1n) is 7.38. The Morgan fingerprint density at radius 1 is 1.52 bits per heavy atom. The van der Waals surface area contributed by atoms with Gasteiger partial charge in [0.2, 0.25) is 0 Å². The second kappa shape index (κ2) is 8.24. The van der Waals surface area contributed by atoms with E-state index in [1.165, 1.54) is 23.2 Å². The van der Waals surface area contributed by atoms with E-state index in [0.717, 1.165) is 0 Å². The second-order valence-electron chi connectivity index (χ2n) is 5.08. The van der Waals surface area contributed by atoms with Gasteiger partial charge in [-0.3, -0.25) is 9.59 Å². The number of thioether (sulfide) groups is 1. The molecule has 0 radical (unpaired) electrons. The van der Waals surface area contributed by atoms with Gasteiger partial charge in [-0.2, -0.15) is 8.78 Å². The minimum Gasteiger partial charge on any atom is -0.466 e. The van der Waals surface area contributed by atoms with Gasteiger partial charge in [0.25, 0.3) is 11.7 Å². The molecule has 0 N–H and O–H groups in total. The number of amides is 1. The molecule has 0 spiro atoms. The van der Waals surface area contributed by atoms with Gasteiger partial charge in [0, 0.05) is 19.3 Å². The zero-order valence-corrected chi connectivity index (χ0v) is 13.5. The molecular weight excluding hydrogens is 326 g/mol. The standard InChI is InChI=1S/C15H18F2N2O3S/c1-2-22-14(21)10-5-4-8-19(9-10)13(20)11-6-3-7-18-12(11)23-15(16)17/h3,6-7,10,15H,2,4-5,8-9H2,1H3. The van der Waals surface area contributed by atoms with Crippen LogP contribution in [0.2, 0.25) is 0 Å². The van der Waals surface area contributed by atoms with Crippen molar-refractivity contribution < 1.29 is 23.1 Å². The molecule has 1 saturated heterocycles. The summed E-state index contributed by atoms with van der Waals surface area (Å²) < 4.78 is 30.2. The maximum absolute atomic E-state index is 12.6. The molecule has 2 rings (SSSR count). The Hall–Kier alpha value is -1.70. The Morgan fingerprint density at radius 2 is 2.30 bits per heavy atom. The van der Waals surface area contributed by atoms with E-state index >= 15 is 0 Å². The highest BCUT2D eigenvalue weighted by molar-refractivity contribution is 7.99. The fraction of sp³-hybridized carbons (Fsp3) is 0.533. The van der Waals surface area contributed by atoms with E-state index in [1.54, 1.807) is 6.92 Å². The van der Waals surface area contributed by atoms with Crippen LogP contribution in [0.3, 0.4) is 0 Å². The number of ether oxygens (including phenoxy) is 1. The molecule has 2 heterocycles. The molecule has 1 atom stereocenters. The van der Waals surface area contributed by atoms with Crippen molar-refractivity contribution >= 4 is 23.6 Å². The first kappa shape index (κ1) is 17.7. The highest BCUT2D eigenvalue weighted by Gasteiger charge is 2.31. The predicted octanol–water partition coefficient (Wildman–Crippen LogP) is 2.81. The Morgan fingerprint density at radius 3 is 3.00 bits per heavy atom. The van der Waals surface area contributed by atoms with Crippen LogP contribution in [-0.4, -0.2) is 47.2 Å². The molecule has 0 aliphatic carbocycles. The van der Waals surface area contributed by atoms with Gasteiger partial charge in [-0.15, -0.1) is 0 Å². The molecule has 5 nitrogen and oxygen atoms in total. The maximum atomic E-state index is 12.6. The Balaban J connectivity index is 2.12.